The zero-order chi connectivity index (χ0) is 9.00. The van der Waals surface area contributed by atoms with Crippen molar-refractivity contribution in [2.24, 2.45) is 10.8 Å². The van der Waals surface area contributed by atoms with Crippen molar-refractivity contribution in [3.8, 4) is 0 Å². The predicted octanol–water partition coefficient (Wildman–Crippen LogP) is 3.73. The molecule has 0 atom stereocenters. The molecular formula is C10H22W. The van der Waals surface area contributed by atoms with Gasteiger partial charge in [-0.3, -0.25) is 0 Å². The normalized spacial score (nSPS) is 10.9. The molecule has 11 heavy (non-hydrogen) atoms. The Hall–Kier alpha value is 0.688. The zero-order valence-electron chi connectivity index (χ0n) is 8.82. The number of hydrogen-bond donors (Lipinski definition) is 0. The zero-order valence-corrected chi connectivity index (χ0v) is 11.8. The van der Waals surface area contributed by atoms with E-state index in [9.17, 15) is 0 Å². The van der Waals surface area contributed by atoms with Crippen LogP contribution in [0, 0.1) is 24.7 Å². The van der Waals surface area contributed by atoms with Crippen LogP contribution in [-0.4, -0.2) is 0 Å². The van der Waals surface area contributed by atoms with Gasteiger partial charge in [0.2, 0.25) is 0 Å². The summed E-state index contributed by atoms with van der Waals surface area (Å²) in [6.45, 7) is 20.0. The number of hydrogen-bond acceptors (Lipinski definition) is 0. The van der Waals surface area contributed by atoms with Crippen LogP contribution < -0.4 is 0 Å². The maximum atomic E-state index is 3.77. The van der Waals surface area contributed by atoms with E-state index in [1.54, 1.807) is 0 Å². The van der Waals surface area contributed by atoms with Crippen molar-refractivity contribution in [3.63, 3.8) is 0 Å². The van der Waals surface area contributed by atoms with Crippen molar-refractivity contribution < 1.29 is 21.1 Å². The van der Waals surface area contributed by atoms with Crippen LogP contribution in [0.2, 0.25) is 0 Å². The largest absolute Gasteiger partial charge is 2.00 e. The third kappa shape index (κ3) is 1700. The molecule has 0 heterocycles. The molecule has 0 nitrogen and oxygen atoms in total. The molecule has 0 unspecified atom stereocenters. The predicted molar refractivity (Wildman–Crippen MR) is 49.6 cm³/mol. The summed E-state index contributed by atoms with van der Waals surface area (Å²) in [7, 11) is 0. The average Bonchev–Trinajstić information content (AvgIpc) is 1.12. The fourth-order valence-electron chi connectivity index (χ4n) is 0. The molecule has 0 spiro atoms. The Balaban J connectivity index is -0.000000107. The molecule has 0 bridgehead atoms. The molecule has 0 aliphatic rings. The van der Waals surface area contributed by atoms with Crippen molar-refractivity contribution in [3.05, 3.63) is 13.8 Å². The summed E-state index contributed by atoms with van der Waals surface area (Å²) < 4.78 is 0. The van der Waals surface area contributed by atoms with E-state index < -0.39 is 0 Å². The first-order chi connectivity index (χ1) is 4.00. The maximum Gasteiger partial charge on any atom is 2.00 e. The summed E-state index contributed by atoms with van der Waals surface area (Å²) in [5.74, 6) is 0. The molecule has 0 radical (unpaired) electrons. The summed E-state index contributed by atoms with van der Waals surface area (Å²) in [5.41, 5.74) is 0.500. The Morgan fingerprint density at radius 2 is 0.636 bits per heavy atom. The molecule has 0 aliphatic carbocycles. The molecule has 1 heteroatoms. The van der Waals surface area contributed by atoms with E-state index >= 15 is 0 Å². The van der Waals surface area contributed by atoms with Crippen molar-refractivity contribution in [1.82, 2.24) is 0 Å². The van der Waals surface area contributed by atoms with Crippen LogP contribution in [0.3, 0.4) is 0 Å². The van der Waals surface area contributed by atoms with Crippen LogP contribution in [0.5, 0.6) is 0 Å². The number of rotatable bonds is 0. The van der Waals surface area contributed by atoms with Crippen LogP contribution in [-0.2, 0) is 21.1 Å². The van der Waals surface area contributed by atoms with E-state index in [-0.39, 0.29) is 31.9 Å². The Morgan fingerprint density at radius 1 is 0.636 bits per heavy atom. The standard InChI is InChI=1S/2C5H11.W/c2*1-5(2,3)4;/h2*1H2,2-4H3;/q2*-1;+2. The molecular weight excluding hydrogens is 304 g/mol. The summed E-state index contributed by atoms with van der Waals surface area (Å²) >= 11 is 0. The average molecular weight is 326 g/mol. The van der Waals surface area contributed by atoms with Crippen LogP contribution in [0.4, 0.5) is 0 Å². The van der Waals surface area contributed by atoms with Gasteiger partial charge in [0, 0.05) is 0 Å². The second kappa shape index (κ2) is 6.23. The molecule has 0 aromatic rings. The second-order valence-electron chi connectivity index (χ2n) is 5.12. The Morgan fingerprint density at radius 3 is 0.636 bits per heavy atom. The molecule has 0 aromatic heterocycles. The minimum Gasteiger partial charge on any atom is -0.338 e. The summed E-state index contributed by atoms with van der Waals surface area (Å²) in [4.78, 5) is 0. The Labute approximate surface area is 87.4 Å². The molecule has 0 amide bonds. The first-order valence-electron chi connectivity index (χ1n) is 3.71. The summed E-state index contributed by atoms with van der Waals surface area (Å²) in [6.07, 6.45) is 0. The van der Waals surface area contributed by atoms with Crippen molar-refractivity contribution >= 4 is 0 Å². The van der Waals surface area contributed by atoms with Gasteiger partial charge in [0.15, 0.2) is 0 Å². The minimum absolute atomic E-state index is 0. The fourth-order valence-corrected chi connectivity index (χ4v) is 0. The molecule has 0 saturated heterocycles. The van der Waals surface area contributed by atoms with Crippen molar-refractivity contribution in [2.45, 2.75) is 41.5 Å². The van der Waals surface area contributed by atoms with Crippen LogP contribution in [0.25, 0.3) is 0 Å². The van der Waals surface area contributed by atoms with E-state index in [1.807, 2.05) is 0 Å². The molecule has 0 aliphatic heterocycles. The Bertz CT molecular complexity index is 47.9. The first kappa shape index (κ1) is 17.7. The third-order valence-corrected chi connectivity index (χ3v) is 0. The first-order valence-corrected chi connectivity index (χ1v) is 3.71. The Kier molecular flexibility index (Phi) is 10.0. The molecule has 0 aromatic carbocycles. The van der Waals surface area contributed by atoms with Crippen molar-refractivity contribution in [1.29, 1.82) is 0 Å². The molecule has 0 N–H and O–H groups in total. The smallest absolute Gasteiger partial charge is 0.338 e. The van der Waals surface area contributed by atoms with Crippen LogP contribution >= 0.6 is 0 Å². The van der Waals surface area contributed by atoms with Gasteiger partial charge in [-0.1, -0.05) is 41.5 Å². The van der Waals surface area contributed by atoms with E-state index in [0.717, 1.165) is 0 Å². The SMILES string of the molecule is [CH2-]C(C)(C)C.[CH2-]C(C)(C)C.[W+2]. The molecule has 68 valence electrons. The minimum atomic E-state index is 0. The van der Waals surface area contributed by atoms with Gasteiger partial charge in [0.05, 0.1) is 0 Å². The molecule has 0 rings (SSSR count). The van der Waals surface area contributed by atoms with E-state index in [2.05, 4.69) is 55.4 Å². The topological polar surface area (TPSA) is 0 Å². The summed E-state index contributed by atoms with van der Waals surface area (Å²) in [5, 5.41) is 0. The van der Waals surface area contributed by atoms with Gasteiger partial charge >= 0.3 is 21.1 Å². The van der Waals surface area contributed by atoms with E-state index in [0.29, 0.717) is 0 Å². The van der Waals surface area contributed by atoms with Crippen LogP contribution in [0.1, 0.15) is 41.5 Å². The van der Waals surface area contributed by atoms with E-state index in [4.69, 9.17) is 0 Å². The summed E-state index contributed by atoms with van der Waals surface area (Å²) in [6, 6.07) is 0. The second-order valence-corrected chi connectivity index (χ2v) is 5.12. The molecule has 0 fully saturated rings. The van der Waals surface area contributed by atoms with Gasteiger partial charge < -0.3 is 13.8 Å². The van der Waals surface area contributed by atoms with Gasteiger partial charge in [-0.15, -0.1) is 0 Å². The van der Waals surface area contributed by atoms with Gasteiger partial charge in [-0.2, -0.15) is 10.8 Å². The monoisotopic (exact) mass is 326 g/mol. The quantitative estimate of drug-likeness (QED) is 0.595. The van der Waals surface area contributed by atoms with Gasteiger partial charge in [0.1, 0.15) is 0 Å². The third-order valence-electron chi connectivity index (χ3n) is 0. The van der Waals surface area contributed by atoms with Gasteiger partial charge in [-0.05, 0) is 0 Å². The van der Waals surface area contributed by atoms with Gasteiger partial charge in [-0.25, -0.2) is 0 Å². The maximum absolute atomic E-state index is 3.77. The molecule has 0 saturated carbocycles. The van der Waals surface area contributed by atoms with Crippen LogP contribution in [0.15, 0.2) is 0 Å². The van der Waals surface area contributed by atoms with Gasteiger partial charge in [0.25, 0.3) is 0 Å². The fraction of sp³-hybridized carbons (Fsp3) is 0.800. The van der Waals surface area contributed by atoms with Crippen molar-refractivity contribution in [2.75, 3.05) is 0 Å². The van der Waals surface area contributed by atoms with E-state index in [1.165, 1.54) is 0 Å².